The van der Waals surface area contributed by atoms with Gasteiger partial charge in [0.25, 0.3) is 0 Å². The monoisotopic (exact) mass is 395 g/mol. The second-order valence-electron chi connectivity index (χ2n) is 4.33. The van der Waals surface area contributed by atoms with E-state index < -0.39 is 24.5 Å². The maximum atomic E-state index is 10.1. The highest BCUT2D eigenvalue weighted by Gasteiger charge is 2.43. The van der Waals surface area contributed by atoms with Crippen LogP contribution >= 0.6 is 34.2 Å². The van der Waals surface area contributed by atoms with Gasteiger partial charge in [0.15, 0.2) is 6.23 Å². The Bertz CT molecular complexity index is 608. The van der Waals surface area contributed by atoms with Crippen LogP contribution in [0.2, 0.25) is 5.15 Å². The molecule has 1 saturated heterocycles. The summed E-state index contributed by atoms with van der Waals surface area (Å²) in [6.45, 7) is 0. The van der Waals surface area contributed by atoms with Gasteiger partial charge in [0.05, 0.1) is 11.5 Å². The molecular weight excluding hydrogens is 384 g/mol. The molecule has 0 unspecified atom stereocenters. The lowest BCUT2D eigenvalue weighted by Gasteiger charge is -2.17. The highest BCUT2D eigenvalue weighted by Crippen LogP contribution is 2.33. The molecule has 2 N–H and O–H groups in total. The molecule has 1 fully saturated rings. The minimum absolute atomic E-state index is 0.349. The van der Waals surface area contributed by atoms with Crippen molar-refractivity contribution in [2.24, 2.45) is 0 Å². The third-order valence-electron chi connectivity index (χ3n) is 3.22. The number of nitrogens with zero attached hydrogens (tertiary/aromatic N) is 3. The fourth-order valence-electron chi connectivity index (χ4n) is 2.23. The Kier molecular flexibility index (Phi) is 3.65. The second-order valence-corrected chi connectivity index (χ2v) is 5.56. The van der Waals surface area contributed by atoms with Crippen molar-refractivity contribution in [3.8, 4) is 0 Å². The number of halogens is 2. The molecule has 0 aromatic carbocycles. The number of fused-ring (bicyclic) bond motifs is 1. The number of aliphatic hydroxyl groups is 2. The van der Waals surface area contributed by atoms with E-state index in [9.17, 15) is 10.2 Å². The molecule has 3 rings (SSSR count). The Morgan fingerprint density at radius 3 is 2.84 bits per heavy atom. The van der Waals surface area contributed by atoms with E-state index >= 15 is 0 Å². The van der Waals surface area contributed by atoms with Gasteiger partial charge in [0, 0.05) is 10.6 Å². The van der Waals surface area contributed by atoms with Crippen LogP contribution in [0.3, 0.4) is 0 Å². The quantitative estimate of drug-likeness (QED) is 0.453. The fraction of sp³-hybridized carbons (Fsp3) is 0.455. The molecule has 0 spiro atoms. The van der Waals surface area contributed by atoms with Crippen molar-refractivity contribution < 1.29 is 14.9 Å². The van der Waals surface area contributed by atoms with E-state index in [1.807, 2.05) is 0 Å². The number of hydrogen-bond acceptors (Lipinski definition) is 5. The summed E-state index contributed by atoms with van der Waals surface area (Å²) in [5.41, 5.74) is 0.574. The van der Waals surface area contributed by atoms with Gasteiger partial charge in [-0.3, -0.25) is 0 Å². The van der Waals surface area contributed by atoms with E-state index in [0.29, 0.717) is 20.6 Å². The van der Waals surface area contributed by atoms with Gasteiger partial charge in [-0.2, -0.15) is 0 Å². The summed E-state index contributed by atoms with van der Waals surface area (Å²) in [6.07, 6.45) is 0.116. The molecule has 2 aromatic heterocycles. The van der Waals surface area contributed by atoms with Crippen LogP contribution in [0.25, 0.3) is 11.0 Å². The topological polar surface area (TPSA) is 80.4 Å². The van der Waals surface area contributed by atoms with Gasteiger partial charge in [-0.25, -0.2) is 9.97 Å². The average Bonchev–Trinajstić information content (AvgIpc) is 2.94. The average molecular weight is 396 g/mol. The third-order valence-corrected chi connectivity index (χ3v) is 4.39. The number of aliphatic hydroxyl groups excluding tert-OH is 2. The Balaban J connectivity index is 2.04. The van der Waals surface area contributed by atoms with Gasteiger partial charge in [-0.15, -0.1) is 0 Å². The minimum Gasteiger partial charge on any atom is -0.387 e. The first-order chi connectivity index (χ1) is 9.13. The normalized spacial score (nSPS) is 31.2. The number of aromatic nitrogens is 3. The largest absolute Gasteiger partial charge is 0.387 e. The van der Waals surface area contributed by atoms with Crippen molar-refractivity contribution in [2.45, 2.75) is 24.5 Å². The Morgan fingerprint density at radius 2 is 2.16 bits per heavy atom. The lowest BCUT2D eigenvalue weighted by Crippen LogP contribution is -2.32. The molecule has 3 heterocycles. The number of alkyl halides is 1. The van der Waals surface area contributed by atoms with Gasteiger partial charge in [-0.05, 0) is 6.07 Å². The molecule has 6 nitrogen and oxygen atoms in total. The molecule has 0 amide bonds. The number of ether oxygens (including phenoxy) is 1. The van der Waals surface area contributed by atoms with Crippen molar-refractivity contribution in [1.29, 1.82) is 0 Å². The summed E-state index contributed by atoms with van der Waals surface area (Å²) in [5.74, 6) is 0. The summed E-state index contributed by atoms with van der Waals surface area (Å²) in [7, 11) is 0. The molecule has 0 radical (unpaired) electrons. The molecule has 0 saturated carbocycles. The van der Waals surface area contributed by atoms with Crippen LogP contribution in [0.15, 0.2) is 18.6 Å². The molecule has 1 aliphatic rings. The molecule has 0 bridgehead atoms. The maximum Gasteiger partial charge on any atom is 0.164 e. The third kappa shape index (κ3) is 2.13. The highest BCUT2D eigenvalue weighted by molar-refractivity contribution is 14.1. The SMILES string of the molecule is O[C@@H]1[C@H](O)[C@@H](CI)O[C@H]1n1ccc2c(Cl)ncnc21. The molecule has 1 aliphatic heterocycles. The van der Waals surface area contributed by atoms with Crippen molar-refractivity contribution in [2.75, 3.05) is 4.43 Å². The van der Waals surface area contributed by atoms with E-state index in [0.717, 1.165) is 0 Å². The zero-order valence-electron chi connectivity index (χ0n) is 9.65. The van der Waals surface area contributed by atoms with Crippen LogP contribution in [-0.2, 0) is 4.74 Å². The molecular formula is C11H11ClIN3O3. The van der Waals surface area contributed by atoms with Gasteiger partial charge in [0.2, 0.25) is 0 Å². The molecule has 102 valence electrons. The van der Waals surface area contributed by atoms with Crippen molar-refractivity contribution >= 4 is 45.2 Å². The van der Waals surface area contributed by atoms with Crippen molar-refractivity contribution in [3.05, 3.63) is 23.7 Å². The van der Waals surface area contributed by atoms with Gasteiger partial charge in [-0.1, -0.05) is 34.2 Å². The molecule has 0 aliphatic carbocycles. The van der Waals surface area contributed by atoms with E-state index in [1.165, 1.54) is 6.33 Å². The van der Waals surface area contributed by atoms with Crippen molar-refractivity contribution in [1.82, 2.24) is 14.5 Å². The maximum absolute atomic E-state index is 10.1. The van der Waals surface area contributed by atoms with Crippen LogP contribution in [0.1, 0.15) is 6.23 Å². The number of rotatable bonds is 2. The Labute approximate surface area is 127 Å². The second kappa shape index (κ2) is 5.13. The molecule has 8 heteroatoms. The molecule has 2 aromatic rings. The van der Waals surface area contributed by atoms with E-state index in [2.05, 4.69) is 32.6 Å². The van der Waals surface area contributed by atoms with Gasteiger partial charge >= 0.3 is 0 Å². The fourth-order valence-corrected chi connectivity index (χ4v) is 3.15. The smallest absolute Gasteiger partial charge is 0.164 e. The zero-order chi connectivity index (χ0) is 13.6. The van der Waals surface area contributed by atoms with Gasteiger partial charge < -0.3 is 19.5 Å². The van der Waals surface area contributed by atoms with Crippen LogP contribution in [-0.4, -0.2) is 47.5 Å². The van der Waals surface area contributed by atoms with Crippen LogP contribution in [0.4, 0.5) is 0 Å². The zero-order valence-corrected chi connectivity index (χ0v) is 12.6. The van der Waals surface area contributed by atoms with E-state index in [1.54, 1.807) is 16.8 Å². The Morgan fingerprint density at radius 1 is 1.37 bits per heavy atom. The predicted molar refractivity (Wildman–Crippen MR) is 77.3 cm³/mol. The van der Waals surface area contributed by atoms with Crippen LogP contribution < -0.4 is 0 Å². The first-order valence-corrected chi connectivity index (χ1v) is 7.58. The summed E-state index contributed by atoms with van der Waals surface area (Å²) < 4.78 is 7.95. The summed E-state index contributed by atoms with van der Waals surface area (Å²) in [4.78, 5) is 8.05. The molecule has 19 heavy (non-hydrogen) atoms. The summed E-state index contributed by atoms with van der Waals surface area (Å²) in [5, 5.41) is 21.0. The predicted octanol–water partition coefficient (Wildman–Crippen LogP) is 1.14. The molecule has 4 atom stereocenters. The standard InChI is InChI=1S/C11H11ClIN3O3/c12-9-5-1-2-16(10(5)15-4-14-9)11-8(18)7(17)6(3-13)19-11/h1-2,4,6-8,11,17-18H,3H2/t6-,7-,8-,11-/m1/s1. The minimum atomic E-state index is -0.996. The van der Waals surface area contributed by atoms with E-state index in [-0.39, 0.29) is 0 Å². The first-order valence-electron chi connectivity index (χ1n) is 5.68. The van der Waals surface area contributed by atoms with E-state index in [4.69, 9.17) is 16.3 Å². The van der Waals surface area contributed by atoms with Crippen LogP contribution in [0.5, 0.6) is 0 Å². The lowest BCUT2D eigenvalue weighted by molar-refractivity contribution is -0.0279. The van der Waals surface area contributed by atoms with Gasteiger partial charge in [0.1, 0.15) is 29.3 Å². The highest BCUT2D eigenvalue weighted by atomic mass is 127. The lowest BCUT2D eigenvalue weighted by atomic mass is 10.1. The Hall–Kier alpha value is -0.480. The number of hydrogen-bond donors (Lipinski definition) is 2. The summed E-state index contributed by atoms with van der Waals surface area (Å²) in [6, 6.07) is 1.76. The first kappa shape index (κ1) is 13.5. The van der Waals surface area contributed by atoms with Crippen LogP contribution in [0, 0.1) is 0 Å². The summed E-state index contributed by atoms with van der Waals surface area (Å²) >= 11 is 8.09. The van der Waals surface area contributed by atoms with Crippen molar-refractivity contribution in [3.63, 3.8) is 0 Å².